The Kier molecular flexibility index (Phi) is 9.07. The van der Waals surface area contributed by atoms with Crippen LogP contribution in [0.3, 0.4) is 0 Å². The van der Waals surface area contributed by atoms with E-state index in [4.69, 9.17) is 26.8 Å². The molecule has 0 bridgehead atoms. The number of benzene rings is 3. The smallest absolute Gasteiger partial charge is 0.314 e. The third-order valence-corrected chi connectivity index (χ3v) is 8.61. The number of aromatic nitrogens is 2. The number of hydrogen-bond acceptors (Lipinski definition) is 6. The summed E-state index contributed by atoms with van der Waals surface area (Å²) in [4.78, 5) is 19.5. The van der Waals surface area contributed by atoms with Gasteiger partial charge in [0.2, 0.25) is 5.82 Å². The van der Waals surface area contributed by atoms with Gasteiger partial charge in [0.05, 0.1) is 5.41 Å². The number of carboxylic acid groups (broad SMARTS) is 1. The van der Waals surface area contributed by atoms with Crippen molar-refractivity contribution in [3.63, 3.8) is 0 Å². The zero-order valence-corrected chi connectivity index (χ0v) is 26.2. The van der Waals surface area contributed by atoms with Crippen LogP contribution < -0.4 is 5.73 Å². The zero-order chi connectivity index (χ0) is 30.8. The Morgan fingerprint density at radius 3 is 2.42 bits per heavy atom. The van der Waals surface area contributed by atoms with E-state index in [1.54, 1.807) is 0 Å². The number of nitrogens with zero attached hydrogens (tertiary/aromatic N) is 3. The van der Waals surface area contributed by atoms with Gasteiger partial charge in [-0.2, -0.15) is 4.98 Å². The van der Waals surface area contributed by atoms with Crippen LogP contribution in [0.25, 0.3) is 22.8 Å². The molecule has 226 valence electrons. The molecule has 1 aliphatic rings. The van der Waals surface area contributed by atoms with Gasteiger partial charge in [0.1, 0.15) is 0 Å². The number of rotatable bonds is 10. The van der Waals surface area contributed by atoms with Crippen LogP contribution in [0, 0.1) is 5.92 Å². The van der Waals surface area contributed by atoms with Crippen molar-refractivity contribution in [2.45, 2.75) is 70.9 Å². The van der Waals surface area contributed by atoms with Crippen molar-refractivity contribution >= 4 is 17.6 Å². The molecule has 2 heterocycles. The van der Waals surface area contributed by atoms with Crippen molar-refractivity contribution in [1.29, 1.82) is 0 Å². The highest BCUT2D eigenvalue weighted by Gasteiger charge is 2.43. The second-order valence-electron chi connectivity index (χ2n) is 13.0. The predicted molar refractivity (Wildman–Crippen MR) is 171 cm³/mol. The molecule has 8 heteroatoms. The van der Waals surface area contributed by atoms with Crippen LogP contribution in [0.2, 0.25) is 5.02 Å². The Morgan fingerprint density at radius 2 is 1.79 bits per heavy atom. The number of hydrogen-bond donors (Lipinski definition) is 2. The molecule has 7 nitrogen and oxygen atoms in total. The number of carbonyl (C=O) groups is 1. The number of carboxylic acids is 1. The molecule has 0 radical (unpaired) electrons. The lowest BCUT2D eigenvalue weighted by Gasteiger charge is -2.39. The molecular formula is C35H41ClN4O3. The first-order chi connectivity index (χ1) is 20.4. The van der Waals surface area contributed by atoms with Crippen molar-refractivity contribution in [1.82, 2.24) is 15.0 Å². The Hall–Kier alpha value is -3.52. The lowest BCUT2D eigenvalue weighted by Crippen LogP contribution is -2.47. The average molecular weight is 601 g/mol. The van der Waals surface area contributed by atoms with Crippen LogP contribution in [0.5, 0.6) is 0 Å². The van der Waals surface area contributed by atoms with E-state index in [0.717, 1.165) is 46.3 Å². The molecule has 4 aromatic rings. The first-order valence-corrected chi connectivity index (χ1v) is 15.4. The number of likely N-dealkylation sites (tertiary alicyclic amines) is 1. The van der Waals surface area contributed by atoms with Gasteiger partial charge >= 0.3 is 5.97 Å². The third-order valence-electron chi connectivity index (χ3n) is 8.26. The number of aliphatic carboxylic acids is 1. The van der Waals surface area contributed by atoms with Gasteiger partial charge in [-0.05, 0) is 92.9 Å². The maximum Gasteiger partial charge on any atom is 0.314 e. The fraction of sp³-hybridized carbons (Fsp3) is 0.400. The van der Waals surface area contributed by atoms with Crippen molar-refractivity contribution in [3.05, 3.63) is 94.0 Å². The molecule has 1 aliphatic heterocycles. The molecule has 0 aliphatic carbocycles. The minimum Gasteiger partial charge on any atom is -0.481 e. The largest absolute Gasteiger partial charge is 0.481 e. The first kappa shape index (κ1) is 30.9. The van der Waals surface area contributed by atoms with Gasteiger partial charge in [0.25, 0.3) is 5.89 Å². The Balaban J connectivity index is 1.35. The second kappa shape index (κ2) is 12.6. The summed E-state index contributed by atoms with van der Waals surface area (Å²) in [6.07, 6.45) is 2.68. The molecule has 0 unspecified atom stereocenters. The standard InChI is InChI=1S/C35H41ClN4O3/c1-23(2)18-25-11-12-26(20-30(25)36)32-38-31(39-43-32)29-13-10-24(19-27(29)21-34(3,4)37)22-40-16-14-35(15-17-40,33(41)42)28-8-6-5-7-9-28/h5-13,19-20,23H,14-18,21-22,37H2,1-4H3,(H,41,42). The first-order valence-electron chi connectivity index (χ1n) is 15.0. The number of halogens is 1. The Labute approximate surface area is 259 Å². The van der Waals surface area contributed by atoms with E-state index in [1.165, 1.54) is 0 Å². The van der Waals surface area contributed by atoms with Crippen molar-refractivity contribution < 1.29 is 14.4 Å². The van der Waals surface area contributed by atoms with E-state index in [0.29, 0.717) is 55.0 Å². The Bertz CT molecular complexity index is 1570. The minimum atomic E-state index is -0.842. The molecule has 0 spiro atoms. The van der Waals surface area contributed by atoms with Gasteiger partial charge in [-0.25, -0.2) is 0 Å². The van der Waals surface area contributed by atoms with Gasteiger partial charge in [-0.3, -0.25) is 9.69 Å². The van der Waals surface area contributed by atoms with Gasteiger partial charge < -0.3 is 15.4 Å². The van der Waals surface area contributed by atoms with Crippen LogP contribution in [0.15, 0.2) is 71.3 Å². The number of piperidine rings is 1. The molecule has 43 heavy (non-hydrogen) atoms. The monoisotopic (exact) mass is 600 g/mol. The van der Waals surface area contributed by atoms with Crippen LogP contribution in [-0.4, -0.2) is 44.7 Å². The van der Waals surface area contributed by atoms with Gasteiger partial charge in [0.15, 0.2) is 0 Å². The third kappa shape index (κ3) is 7.18. The van der Waals surface area contributed by atoms with Gasteiger partial charge in [-0.1, -0.05) is 85.2 Å². The quantitative estimate of drug-likeness (QED) is 0.199. The average Bonchev–Trinajstić information content (AvgIpc) is 3.44. The molecular weight excluding hydrogens is 560 g/mol. The summed E-state index contributed by atoms with van der Waals surface area (Å²) < 4.78 is 5.69. The number of nitrogens with two attached hydrogens (primary N) is 1. The molecule has 3 aromatic carbocycles. The molecule has 1 fully saturated rings. The highest BCUT2D eigenvalue weighted by atomic mass is 35.5. The summed E-state index contributed by atoms with van der Waals surface area (Å²) in [6, 6.07) is 21.8. The molecule has 5 rings (SSSR count). The summed E-state index contributed by atoms with van der Waals surface area (Å²) in [6.45, 7) is 10.5. The van der Waals surface area contributed by atoms with Gasteiger partial charge in [0, 0.05) is 28.2 Å². The lowest BCUT2D eigenvalue weighted by atomic mass is 9.73. The van der Waals surface area contributed by atoms with Crippen LogP contribution in [0.1, 0.15) is 62.8 Å². The van der Waals surface area contributed by atoms with Crippen molar-refractivity contribution in [2.75, 3.05) is 13.1 Å². The molecule has 1 saturated heterocycles. The van der Waals surface area contributed by atoms with Crippen LogP contribution in [0.4, 0.5) is 0 Å². The second-order valence-corrected chi connectivity index (χ2v) is 13.4. The highest BCUT2D eigenvalue weighted by Crippen LogP contribution is 2.37. The normalized spacial score (nSPS) is 15.6. The van der Waals surface area contributed by atoms with E-state index in [1.807, 2.05) is 68.4 Å². The van der Waals surface area contributed by atoms with Gasteiger partial charge in [-0.15, -0.1) is 0 Å². The fourth-order valence-corrected chi connectivity index (χ4v) is 6.33. The fourth-order valence-electron chi connectivity index (χ4n) is 6.07. The minimum absolute atomic E-state index is 0.420. The predicted octanol–water partition coefficient (Wildman–Crippen LogP) is 7.15. The lowest BCUT2D eigenvalue weighted by molar-refractivity contribution is -0.146. The maximum atomic E-state index is 12.4. The topological polar surface area (TPSA) is 105 Å². The summed E-state index contributed by atoms with van der Waals surface area (Å²) in [5, 5.41) is 15.2. The zero-order valence-electron chi connectivity index (χ0n) is 25.4. The molecule has 3 N–H and O–H groups in total. The highest BCUT2D eigenvalue weighted by molar-refractivity contribution is 6.31. The summed E-state index contributed by atoms with van der Waals surface area (Å²) in [7, 11) is 0. The van der Waals surface area contributed by atoms with Crippen LogP contribution >= 0.6 is 11.6 Å². The molecule has 0 amide bonds. The SMILES string of the molecule is CC(C)Cc1ccc(-c2nc(-c3ccc(CN4CCC(C(=O)O)(c5ccccc5)CC4)cc3CC(C)(C)N)no2)cc1Cl. The molecule has 1 aromatic heterocycles. The Morgan fingerprint density at radius 1 is 1.07 bits per heavy atom. The van der Waals surface area contributed by atoms with Crippen LogP contribution in [-0.2, 0) is 29.6 Å². The van der Waals surface area contributed by atoms with E-state index in [9.17, 15) is 9.90 Å². The summed E-state index contributed by atoms with van der Waals surface area (Å²) in [5.74, 6) is 0.691. The molecule has 0 saturated carbocycles. The summed E-state index contributed by atoms with van der Waals surface area (Å²) >= 11 is 6.57. The summed E-state index contributed by atoms with van der Waals surface area (Å²) in [5.41, 5.74) is 11.0. The van der Waals surface area contributed by atoms with Crippen molar-refractivity contribution in [2.24, 2.45) is 11.7 Å². The van der Waals surface area contributed by atoms with E-state index < -0.39 is 16.9 Å². The van der Waals surface area contributed by atoms with E-state index in [2.05, 4.69) is 36.0 Å². The maximum absolute atomic E-state index is 12.4. The van der Waals surface area contributed by atoms with E-state index >= 15 is 0 Å². The van der Waals surface area contributed by atoms with Crippen molar-refractivity contribution in [3.8, 4) is 22.8 Å². The van der Waals surface area contributed by atoms with E-state index in [-0.39, 0.29) is 0 Å². The molecule has 0 atom stereocenters.